The second-order valence-electron chi connectivity index (χ2n) is 4.55. The molecule has 3 heteroatoms. The van der Waals surface area contributed by atoms with Crippen LogP contribution in [0, 0.1) is 29.6 Å². The molecule has 0 bridgehead atoms. The van der Waals surface area contributed by atoms with Crippen molar-refractivity contribution in [2.75, 3.05) is 13.2 Å². The quantitative estimate of drug-likeness (QED) is 0.742. The Balaban J connectivity index is 1.71. The minimum atomic E-state index is -0.280. The van der Waals surface area contributed by atoms with Gasteiger partial charge in [0.15, 0.2) is 0 Å². The van der Waals surface area contributed by atoms with Crippen LogP contribution < -0.4 is 5.32 Å². The van der Waals surface area contributed by atoms with Crippen LogP contribution >= 0.6 is 0 Å². The van der Waals surface area contributed by atoms with E-state index in [1.807, 2.05) is 6.92 Å². The summed E-state index contributed by atoms with van der Waals surface area (Å²) in [6, 6.07) is 0. The summed E-state index contributed by atoms with van der Waals surface area (Å²) in [6.45, 7) is 3.11. The van der Waals surface area contributed by atoms with Gasteiger partial charge in [-0.05, 0) is 37.5 Å². The van der Waals surface area contributed by atoms with E-state index >= 15 is 0 Å². The minimum Gasteiger partial charge on any atom is -0.449 e. The molecule has 2 aliphatic rings. The maximum atomic E-state index is 11.2. The number of hydrogen-bond acceptors (Lipinski definition) is 2. The van der Waals surface area contributed by atoms with Crippen molar-refractivity contribution < 1.29 is 9.53 Å². The number of rotatable bonds is 3. The summed E-state index contributed by atoms with van der Waals surface area (Å²) < 4.78 is 5.19. The second-order valence-corrected chi connectivity index (χ2v) is 4.55. The first kappa shape index (κ1) is 11.3. The van der Waals surface area contributed by atoms with E-state index in [1.165, 1.54) is 12.8 Å². The van der Waals surface area contributed by atoms with Gasteiger partial charge in [-0.2, -0.15) is 0 Å². The number of nitrogens with one attached hydrogen (secondary N) is 1. The molecule has 88 valence electrons. The first-order valence-electron chi connectivity index (χ1n) is 6.19. The fourth-order valence-corrected chi connectivity index (χ4v) is 2.65. The van der Waals surface area contributed by atoms with Crippen molar-refractivity contribution in [2.45, 2.75) is 32.6 Å². The highest BCUT2D eigenvalue weighted by Gasteiger charge is 2.49. The van der Waals surface area contributed by atoms with Crippen LogP contribution in [0.1, 0.15) is 32.6 Å². The van der Waals surface area contributed by atoms with E-state index in [1.54, 1.807) is 0 Å². The van der Waals surface area contributed by atoms with E-state index < -0.39 is 0 Å². The average Bonchev–Trinajstić information content (AvgIpc) is 2.86. The van der Waals surface area contributed by atoms with Crippen LogP contribution in [0.15, 0.2) is 0 Å². The van der Waals surface area contributed by atoms with E-state index in [0.29, 0.717) is 19.1 Å². The zero-order valence-electron chi connectivity index (χ0n) is 9.79. The van der Waals surface area contributed by atoms with Gasteiger partial charge in [0, 0.05) is 19.4 Å². The Labute approximate surface area is 96.9 Å². The Morgan fingerprint density at radius 1 is 1.31 bits per heavy atom. The van der Waals surface area contributed by atoms with Crippen LogP contribution in [0.25, 0.3) is 0 Å². The fourth-order valence-electron chi connectivity index (χ4n) is 2.65. The van der Waals surface area contributed by atoms with Crippen molar-refractivity contribution in [1.82, 2.24) is 5.32 Å². The monoisotopic (exact) mass is 221 g/mol. The highest BCUT2D eigenvalue weighted by atomic mass is 16.5. The smallest absolute Gasteiger partial charge is 0.407 e. The SMILES string of the molecule is CCNC(=O)OCC1[C@H]2CCC#CCC[C@@H]12. The molecule has 1 unspecified atom stereocenters. The van der Waals surface area contributed by atoms with E-state index in [2.05, 4.69) is 17.2 Å². The zero-order chi connectivity index (χ0) is 11.4. The van der Waals surface area contributed by atoms with Crippen LogP contribution in [0.4, 0.5) is 4.79 Å². The molecule has 1 N–H and O–H groups in total. The van der Waals surface area contributed by atoms with Crippen molar-refractivity contribution in [3.63, 3.8) is 0 Å². The molecule has 3 atom stereocenters. The van der Waals surface area contributed by atoms with Gasteiger partial charge in [-0.25, -0.2) is 4.79 Å². The predicted octanol–water partition coefficient (Wildman–Crippen LogP) is 2.17. The fraction of sp³-hybridized carbons (Fsp3) is 0.769. The topological polar surface area (TPSA) is 38.3 Å². The lowest BCUT2D eigenvalue weighted by molar-refractivity contribution is 0.138. The Morgan fingerprint density at radius 2 is 1.94 bits per heavy atom. The molecule has 3 nitrogen and oxygen atoms in total. The Kier molecular flexibility index (Phi) is 3.71. The van der Waals surface area contributed by atoms with Crippen LogP contribution in [-0.2, 0) is 4.74 Å². The van der Waals surface area contributed by atoms with Gasteiger partial charge in [0.2, 0.25) is 0 Å². The van der Waals surface area contributed by atoms with E-state index in [4.69, 9.17) is 4.74 Å². The zero-order valence-corrected chi connectivity index (χ0v) is 9.79. The summed E-state index contributed by atoms with van der Waals surface area (Å²) in [6.07, 6.45) is 4.11. The van der Waals surface area contributed by atoms with Gasteiger partial charge in [0.25, 0.3) is 0 Å². The van der Waals surface area contributed by atoms with Gasteiger partial charge in [0.1, 0.15) is 0 Å². The molecule has 0 heterocycles. The number of carbonyl (C=O) groups excluding carboxylic acids is 1. The standard InChI is InChI=1S/C13H19NO2/c1-2-14-13(15)16-9-12-10-7-5-3-4-6-8-11(10)12/h10-12H,2,5-9H2,1H3,(H,14,15)/t10-,11+,12?. The number of fused-ring (bicyclic) bond motifs is 1. The molecule has 2 rings (SSSR count). The van der Waals surface area contributed by atoms with Crippen LogP contribution in [-0.4, -0.2) is 19.2 Å². The molecule has 0 spiro atoms. The molecule has 1 amide bonds. The van der Waals surface area contributed by atoms with Gasteiger partial charge in [-0.3, -0.25) is 0 Å². The Hall–Kier alpha value is -1.17. The third-order valence-corrected chi connectivity index (χ3v) is 3.57. The second kappa shape index (κ2) is 5.25. The largest absolute Gasteiger partial charge is 0.449 e. The first-order chi connectivity index (χ1) is 7.83. The normalized spacial score (nSPS) is 31.2. The third kappa shape index (κ3) is 2.69. The summed E-state index contributed by atoms with van der Waals surface area (Å²) in [7, 11) is 0. The van der Waals surface area contributed by atoms with E-state index in [-0.39, 0.29) is 6.09 Å². The van der Waals surface area contributed by atoms with Crippen molar-refractivity contribution in [1.29, 1.82) is 0 Å². The summed E-state index contributed by atoms with van der Waals surface area (Å²) in [5.41, 5.74) is 0. The van der Waals surface area contributed by atoms with Crippen molar-refractivity contribution in [2.24, 2.45) is 17.8 Å². The number of ether oxygens (including phenoxy) is 1. The van der Waals surface area contributed by atoms with E-state index in [0.717, 1.165) is 24.7 Å². The molecular weight excluding hydrogens is 202 g/mol. The minimum absolute atomic E-state index is 0.280. The van der Waals surface area contributed by atoms with Gasteiger partial charge >= 0.3 is 6.09 Å². The summed E-state index contributed by atoms with van der Waals surface area (Å²) in [4.78, 5) is 11.2. The van der Waals surface area contributed by atoms with Crippen molar-refractivity contribution >= 4 is 6.09 Å². The molecule has 2 aliphatic carbocycles. The third-order valence-electron chi connectivity index (χ3n) is 3.57. The number of carbonyl (C=O) groups is 1. The number of alkyl carbamates (subject to hydrolysis) is 1. The average molecular weight is 221 g/mol. The Bertz CT molecular complexity index is 298. The number of amides is 1. The first-order valence-corrected chi connectivity index (χ1v) is 6.19. The molecule has 0 radical (unpaired) electrons. The molecule has 1 fully saturated rings. The van der Waals surface area contributed by atoms with E-state index in [9.17, 15) is 4.79 Å². The number of hydrogen-bond donors (Lipinski definition) is 1. The lowest BCUT2D eigenvalue weighted by Crippen LogP contribution is -2.24. The van der Waals surface area contributed by atoms with Crippen molar-refractivity contribution in [3.8, 4) is 11.8 Å². The lowest BCUT2D eigenvalue weighted by Gasteiger charge is -2.04. The van der Waals surface area contributed by atoms with Crippen LogP contribution in [0.3, 0.4) is 0 Å². The molecule has 16 heavy (non-hydrogen) atoms. The maximum Gasteiger partial charge on any atom is 0.407 e. The Morgan fingerprint density at radius 3 is 2.50 bits per heavy atom. The highest BCUT2D eigenvalue weighted by molar-refractivity contribution is 5.67. The van der Waals surface area contributed by atoms with Gasteiger partial charge in [-0.15, -0.1) is 11.8 Å². The summed E-state index contributed by atoms with van der Waals surface area (Å²) >= 11 is 0. The molecule has 0 aliphatic heterocycles. The van der Waals surface area contributed by atoms with Crippen molar-refractivity contribution in [3.05, 3.63) is 0 Å². The van der Waals surface area contributed by atoms with Crippen LogP contribution in [0.5, 0.6) is 0 Å². The molecule has 0 saturated heterocycles. The summed E-state index contributed by atoms with van der Waals surface area (Å²) in [5, 5.41) is 2.65. The molecule has 0 aromatic heterocycles. The lowest BCUT2D eigenvalue weighted by atomic mass is 10.1. The maximum absolute atomic E-state index is 11.2. The van der Waals surface area contributed by atoms with Crippen LogP contribution in [0.2, 0.25) is 0 Å². The predicted molar refractivity (Wildman–Crippen MR) is 61.7 cm³/mol. The molecule has 0 aromatic rings. The molecular formula is C13H19NO2. The van der Waals surface area contributed by atoms with Gasteiger partial charge in [-0.1, -0.05) is 0 Å². The van der Waals surface area contributed by atoms with Gasteiger partial charge in [0.05, 0.1) is 6.61 Å². The molecule has 1 saturated carbocycles. The highest BCUT2D eigenvalue weighted by Crippen LogP contribution is 2.52. The summed E-state index contributed by atoms with van der Waals surface area (Å²) in [5.74, 6) is 8.45. The molecule has 0 aromatic carbocycles. The van der Waals surface area contributed by atoms with Gasteiger partial charge < -0.3 is 10.1 Å².